The molecule has 0 atom stereocenters. The Morgan fingerprint density at radius 1 is 0.941 bits per heavy atom. The minimum Gasteiger partial charge on any atom is -0.506 e. The zero-order valence-electron chi connectivity index (χ0n) is 18.0. The van der Waals surface area contributed by atoms with Crippen molar-refractivity contribution >= 4 is 49.9 Å². The summed E-state index contributed by atoms with van der Waals surface area (Å²) in [5.41, 5.74) is 4.17. The van der Waals surface area contributed by atoms with Crippen LogP contribution in [0.4, 0.5) is 0 Å². The molecular formula is C25H21Br2N3O4. The van der Waals surface area contributed by atoms with Gasteiger partial charge in [-0.15, -0.1) is 0 Å². The molecule has 34 heavy (non-hydrogen) atoms. The maximum absolute atomic E-state index is 12.5. The van der Waals surface area contributed by atoms with Crippen molar-refractivity contribution in [3.8, 4) is 17.2 Å². The van der Waals surface area contributed by atoms with Gasteiger partial charge in [0, 0.05) is 24.2 Å². The zero-order chi connectivity index (χ0) is 24.1. The molecule has 1 aliphatic heterocycles. The van der Waals surface area contributed by atoms with E-state index in [1.54, 1.807) is 60.7 Å². The van der Waals surface area contributed by atoms with E-state index in [0.717, 1.165) is 25.9 Å². The van der Waals surface area contributed by atoms with Gasteiger partial charge in [0.05, 0.1) is 15.2 Å². The van der Waals surface area contributed by atoms with Crippen molar-refractivity contribution in [3.63, 3.8) is 0 Å². The van der Waals surface area contributed by atoms with Gasteiger partial charge in [-0.2, -0.15) is 5.10 Å². The number of nitrogens with one attached hydrogen (secondary N) is 1. The summed E-state index contributed by atoms with van der Waals surface area (Å²) < 4.78 is 6.88. The second kappa shape index (κ2) is 10.8. The Morgan fingerprint density at radius 2 is 1.62 bits per heavy atom. The molecule has 0 aliphatic carbocycles. The number of halogens is 2. The highest BCUT2D eigenvalue weighted by Crippen LogP contribution is 2.32. The van der Waals surface area contributed by atoms with Crippen molar-refractivity contribution < 1.29 is 19.4 Å². The standard InChI is InChI=1S/C25H21Br2N3O4/c26-21-12-16(13-22(27)23(21)31)15-28-29-24(32)18-4-3-5-20(14-18)34-19-8-6-17(7-9-19)25(33)30-10-1-2-11-30/h3-9,12-15,31H,1-2,10-11H2,(H,29,32). The van der Waals surface area contributed by atoms with Crippen LogP contribution in [0.5, 0.6) is 17.2 Å². The minimum absolute atomic E-state index is 0.0373. The molecule has 3 aromatic carbocycles. The van der Waals surface area contributed by atoms with Crippen molar-refractivity contribution in [1.82, 2.24) is 10.3 Å². The number of carbonyl (C=O) groups is 2. The first kappa shape index (κ1) is 24.0. The van der Waals surface area contributed by atoms with Gasteiger partial charge in [-0.25, -0.2) is 5.43 Å². The van der Waals surface area contributed by atoms with Crippen molar-refractivity contribution in [1.29, 1.82) is 0 Å². The van der Waals surface area contributed by atoms with E-state index in [4.69, 9.17) is 4.74 Å². The molecule has 2 amide bonds. The molecule has 7 nitrogen and oxygen atoms in total. The molecule has 1 heterocycles. The van der Waals surface area contributed by atoms with E-state index < -0.39 is 5.91 Å². The highest BCUT2D eigenvalue weighted by Gasteiger charge is 2.19. The summed E-state index contributed by atoms with van der Waals surface area (Å²) in [6.45, 7) is 1.61. The number of phenolic OH excluding ortho intramolecular Hbond substituents is 1. The summed E-state index contributed by atoms with van der Waals surface area (Å²) in [6, 6.07) is 17.1. The number of ether oxygens (including phenoxy) is 1. The lowest BCUT2D eigenvalue weighted by atomic mass is 10.2. The SMILES string of the molecule is O=C(NN=Cc1cc(Br)c(O)c(Br)c1)c1cccc(Oc2ccc(C(=O)N3CCCC3)cc2)c1. The molecule has 9 heteroatoms. The van der Waals surface area contributed by atoms with Crippen molar-refractivity contribution in [2.24, 2.45) is 5.10 Å². The van der Waals surface area contributed by atoms with Crippen LogP contribution in [-0.4, -0.2) is 41.1 Å². The number of nitrogens with zero attached hydrogens (tertiary/aromatic N) is 2. The van der Waals surface area contributed by atoms with E-state index in [2.05, 4.69) is 42.4 Å². The minimum atomic E-state index is -0.398. The molecular weight excluding hydrogens is 566 g/mol. The van der Waals surface area contributed by atoms with Gasteiger partial charge >= 0.3 is 0 Å². The highest BCUT2D eigenvalue weighted by molar-refractivity contribution is 9.11. The largest absolute Gasteiger partial charge is 0.506 e. The number of aromatic hydroxyl groups is 1. The van der Waals surface area contributed by atoms with Crippen LogP contribution in [0, 0.1) is 0 Å². The Kier molecular flexibility index (Phi) is 7.64. The van der Waals surface area contributed by atoms with E-state index in [9.17, 15) is 14.7 Å². The van der Waals surface area contributed by atoms with E-state index in [1.165, 1.54) is 6.21 Å². The molecule has 0 aromatic heterocycles. The Hall–Kier alpha value is -3.17. The summed E-state index contributed by atoms with van der Waals surface area (Å²) in [7, 11) is 0. The number of likely N-dealkylation sites (tertiary alicyclic amines) is 1. The second-order valence-corrected chi connectivity index (χ2v) is 9.39. The maximum Gasteiger partial charge on any atom is 0.271 e. The van der Waals surface area contributed by atoms with Gasteiger partial charge < -0.3 is 14.7 Å². The van der Waals surface area contributed by atoms with Crippen LogP contribution >= 0.6 is 31.9 Å². The topological polar surface area (TPSA) is 91.2 Å². The summed E-state index contributed by atoms with van der Waals surface area (Å²) in [5, 5.41) is 13.7. The third-order valence-corrected chi connectivity index (χ3v) is 6.45. The van der Waals surface area contributed by atoms with Gasteiger partial charge in [0.2, 0.25) is 0 Å². The third kappa shape index (κ3) is 5.84. The van der Waals surface area contributed by atoms with Crippen LogP contribution in [0.25, 0.3) is 0 Å². The predicted molar refractivity (Wildman–Crippen MR) is 137 cm³/mol. The van der Waals surface area contributed by atoms with Crippen LogP contribution in [0.2, 0.25) is 0 Å². The van der Waals surface area contributed by atoms with E-state index in [-0.39, 0.29) is 11.7 Å². The van der Waals surface area contributed by atoms with Gasteiger partial charge in [0.15, 0.2) is 0 Å². The molecule has 0 radical (unpaired) electrons. The summed E-state index contributed by atoms with van der Waals surface area (Å²) in [6.07, 6.45) is 3.57. The lowest BCUT2D eigenvalue weighted by Crippen LogP contribution is -2.27. The van der Waals surface area contributed by atoms with Gasteiger partial charge in [-0.3, -0.25) is 9.59 Å². The van der Waals surface area contributed by atoms with Crippen molar-refractivity contribution in [2.75, 3.05) is 13.1 Å². The first-order chi connectivity index (χ1) is 16.4. The number of rotatable bonds is 6. The molecule has 1 fully saturated rings. The fraction of sp³-hybridized carbons (Fsp3) is 0.160. The average molecular weight is 587 g/mol. The molecule has 4 rings (SSSR count). The van der Waals surface area contributed by atoms with Gasteiger partial charge in [-0.1, -0.05) is 6.07 Å². The molecule has 0 bridgehead atoms. The van der Waals surface area contributed by atoms with Crippen molar-refractivity contribution in [2.45, 2.75) is 12.8 Å². The lowest BCUT2D eigenvalue weighted by molar-refractivity contribution is 0.0792. The Balaban J connectivity index is 1.37. The first-order valence-electron chi connectivity index (χ1n) is 10.6. The number of hydrogen-bond acceptors (Lipinski definition) is 5. The number of hydrogen-bond donors (Lipinski definition) is 2. The van der Waals surface area contributed by atoms with Gasteiger partial charge in [-0.05, 0) is 105 Å². The van der Waals surface area contributed by atoms with Crippen LogP contribution in [-0.2, 0) is 0 Å². The van der Waals surface area contributed by atoms with E-state index >= 15 is 0 Å². The smallest absolute Gasteiger partial charge is 0.271 e. The molecule has 0 spiro atoms. The second-order valence-electron chi connectivity index (χ2n) is 7.69. The predicted octanol–water partition coefficient (Wildman–Crippen LogP) is 5.71. The molecule has 0 saturated carbocycles. The van der Waals surface area contributed by atoms with Gasteiger partial charge in [0.1, 0.15) is 17.2 Å². The zero-order valence-corrected chi connectivity index (χ0v) is 21.2. The third-order valence-electron chi connectivity index (χ3n) is 5.25. The van der Waals surface area contributed by atoms with Crippen LogP contribution in [0.1, 0.15) is 39.1 Å². The number of amides is 2. The Bertz CT molecular complexity index is 1220. The van der Waals surface area contributed by atoms with Crippen molar-refractivity contribution in [3.05, 3.63) is 86.3 Å². The molecule has 3 aromatic rings. The quantitative estimate of drug-likeness (QED) is 0.286. The fourth-order valence-electron chi connectivity index (χ4n) is 3.49. The molecule has 0 unspecified atom stereocenters. The summed E-state index contributed by atoms with van der Waals surface area (Å²) in [4.78, 5) is 26.8. The number of phenols is 1. The summed E-state index contributed by atoms with van der Waals surface area (Å²) in [5.74, 6) is 0.782. The maximum atomic E-state index is 12.5. The van der Waals surface area contributed by atoms with E-state index in [0.29, 0.717) is 37.1 Å². The molecule has 2 N–H and O–H groups in total. The molecule has 1 saturated heterocycles. The average Bonchev–Trinajstić information content (AvgIpc) is 3.38. The van der Waals surface area contributed by atoms with E-state index in [1.807, 2.05) is 4.90 Å². The highest BCUT2D eigenvalue weighted by atomic mass is 79.9. The van der Waals surface area contributed by atoms with Crippen LogP contribution in [0.15, 0.2) is 74.7 Å². The fourth-order valence-corrected chi connectivity index (χ4v) is 4.72. The normalized spacial score (nSPS) is 13.3. The number of hydrazone groups is 1. The van der Waals surface area contributed by atoms with Crippen LogP contribution < -0.4 is 10.2 Å². The van der Waals surface area contributed by atoms with Crippen LogP contribution in [0.3, 0.4) is 0 Å². The number of benzene rings is 3. The monoisotopic (exact) mass is 585 g/mol. The number of carbonyl (C=O) groups excluding carboxylic acids is 2. The Labute approximate surface area is 213 Å². The molecule has 174 valence electrons. The van der Waals surface area contributed by atoms with Gasteiger partial charge in [0.25, 0.3) is 11.8 Å². The lowest BCUT2D eigenvalue weighted by Gasteiger charge is -2.15. The molecule has 1 aliphatic rings. The first-order valence-corrected chi connectivity index (χ1v) is 12.2. The Morgan fingerprint density at radius 3 is 2.29 bits per heavy atom. The summed E-state index contributed by atoms with van der Waals surface area (Å²) >= 11 is 6.51.